The third kappa shape index (κ3) is 5.16. The van der Waals surface area contributed by atoms with Crippen LogP contribution in [0.5, 0.6) is 0 Å². The molecule has 0 saturated carbocycles. The second-order valence-corrected chi connectivity index (χ2v) is 7.08. The molecule has 0 bridgehead atoms. The molecule has 0 aliphatic rings. The van der Waals surface area contributed by atoms with Gasteiger partial charge < -0.3 is 0 Å². The predicted molar refractivity (Wildman–Crippen MR) is 71.6 cm³/mol. The molecule has 0 aliphatic heterocycles. The molecule has 1 rings (SSSR count). The summed E-state index contributed by atoms with van der Waals surface area (Å²) in [5.41, 5.74) is 1.29. The number of aliphatic hydroxyl groups is 1. The number of hydrogen-bond donors (Lipinski definition) is 1. The van der Waals surface area contributed by atoms with E-state index in [0.717, 1.165) is 0 Å². The predicted octanol–water partition coefficient (Wildman–Crippen LogP) is 3.33. The molecular formula is C14H20OTe. The first-order valence-electron chi connectivity index (χ1n) is 5.82. The first-order valence-corrected chi connectivity index (χ1v) is 8.63. The second-order valence-electron chi connectivity index (χ2n) is 3.84. The van der Waals surface area contributed by atoms with E-state index in [2.05, 4.69) is 31.2 Å². The Morgan fingerprint density at radius 1 is 1.38 bits per heavy atom. The molecule has 0 aromatic heterocycles. The van der Waals surface area contributed by atoms with E-state index < -0.39 is 0 Å². The Kier molecular flexibility index (Phi) is 6.80. The summed E-state index contributed by atoms with van der Waals surface area (Å²) in [5.74, 6) is 0. The summed E-state index contributed by atoms with van der Waals surface area (Å²) in [6.45, 7) is 4.06. The Hall–Kier alpha value is -0.290. The molecule has 0 saturated heterocycles. The molecule has 0 aliphatic carbocycles. The SMILES string of the molecule is CCCC[Te]/C(=C\[C@@H](C)O)c1ccccc1. The maximum absolute atomic E-state index is 9.49. The van der Waals surface area contributed by atoms with E-state index >= 15 is 0 Å². The van der Waals surface area contributed by atoms with E-state index in [9.17, 15) is 5.11 Å². The van der Waals surface area contributed by atoms with Gasteiger partial charge in [-0.05, 0) is 0 Å². The Labute approximate surface area is 109 Å². The molecule has 0 unspecified atom stereocenters. The van der Waals surface area contributed by atoms with E-state index in [1.54, 1.807) is 0 Å². The maximum atomic E-state index is 9.49. The first kappa shape index (κ1) is 13.8. The van der Waals surface area contributed by atoms with Gasteiger partial charge in [-0.3, -0.25) is 0 Å². The minimum atomic E-state index is -0.332. The zero-order valence-corrected chi connectivity index (χ0v) is 12.3. The molecule has 16 heavy (non-hydrogen) atoms. The van der Waals surface area contributed by atoms with Crippen molar-refractivity contribution in [1.29, 1.82) is 0 Å². The monoisotopic (exact) mass is 334 g/mol. The van der Waals surface area contributed by atoms with Crippen LogP contribution in [-0.4, -0.2) is 32.1 Å². The van der Waals surface area contributed by atoms with Crippen LogP contribution < -0.4 is 0 Å². The van der Waals surface area contributed by atoms with Gasteiger partial charge in [0.25, 0.3) is 0 Å². The van der Waals surface area contributed by atoms with E-state index in [-0.39, 0.29) is 27.0 Å². The molecule has 0 amide bonds. The van der Waals surface area contributed by atoms with Crippen molar-refractivity contribution in [3.05, 3.63) is 42.0 Å². The number of hydrogen-bond acceptors (Lipinski definition) is 1. The summed E-state index contributed by atoms with van der Waals surface area (Å²) in [6, 6.07) is 10.5. The Morgan fingerprint density at radius 3 is 2.62 bits per heavy atom. The summed E-state index contributed by atoms with van der Waals surface area (Å²) in [4.78, 5) is 0. The average Bonchev–Trinajstić information content (AvgIpc) is 2.29. The van der Waals surface area contributed by atoms with Gasteiger partial charge >= 0.3 is 109 Å². The molecule has 1 aromatic carbocycles. The van der Waals surface area contributed by atoms with Crippen LogP contribution in [0.3, 0.4) is 0 Å². The molecular weight excluding hydrogens is 312 g/mol. The number of unbranched alkanes of at least 4 members (excludes halogenated alkanes) is 1. The minimum absolute atomic E-state index is 0.143. The zero-order chi connectivity index (χ0) is 11.8. The van der Waals surface area contributed by atoms with Crippen LogP contribution in [0.15, 0.2) is 36.4 Å². The van der Waals surface area contributed by atoms with Gasteiger partial charge in [0.1, 0.15) is 0 Å². The average molecular weight is 332 g/mol. The van der Waals surface area contributed by atoms with Crippen LogP contribution in [0.2, 0.25) is 4.47 Å². The van der Waals surface area contributed by atoms with Gasteiger partial charge in [-0.1, -0.05) is 0 Å². The molecule has 0 heterocycles. The van der Waals surface area contributed by atoms with Crippen molar-refractivity contribution in [1.82, 2.24) is 0 Å². The van der Waals surface area contributed by atoms with Crippen LogP contribution in [-0.2, 0) is 0 Å². The van der Waals surface area contributed by atoms with E-state index in [0.29, 0.717) is 0 Å². The van der Waals surface area contributed by atoms with Crippen LogP contribution >= 0.6 is 0 Å². The van der Waals surface area contributed by atoms with Gasteiger partial charge in [0.15, 0.2) is 0 Å². The number of aliphatic hydroxyl groups excluding tert-OH is 1. The third-order valence-electron chi connectivity index (χ3n) is 2.21. The molecule has 1 atom stereocenters. The van der Waals surface area contributed by atoms with E-state index in [4.69, 9.17) is 0 Å². The standard InChI is InChI=1S/C14H20OTe/c1-3-4-10-16-14(11-12(2)15)13-8-6-5-7-9-13/h5-9,11-12,15H,3-4,10H2,1-2H3/b14-11-/t12-/m1/s1. The van der Waals surface area contributed by atoms with Gasteiger partial charge in [-0.25, -0.2) is 0 Å². The quantitative estimate of drug-likeness (QED) is 0.626. The Balaban J connectivity index is 2.72. The third-order valence-corrected chi connectivity index (χ3v) is 5.56. The number of rotatable bonds is 6. The first-order chi connectivity index (χ1) is 7.74. The summed E-state index contributed by atoms with van der Waals surface area (Å²) < 4.78 is 2.73. The topological polar surface area (TPSA) is 20.2 Å². The molecule has 0 radical (unpaired) electrons. The van der Waals surface area contributed by atoms with Crippen LogP contribution in [0.25, 0.3) is 3.62 Å². The fourth-order valence-electron chi connectivity index (χ4n) is 1.38. The summed E-state index contributed by atoms with van der Waals surface area (Å²) >= 11 is -0.143. The van der Waals surface area contributed by atoms with Crippen molar-refractivity contribution < 1.29 is 5.11 Å². The molecule has 1 N–H and O–H groups in total. The van der Waals surface area contributed by atoms with Crippen molar-refractivity contribution >= 4 is 24.5 Å². The summed E-state index contributed by atoms with van der Waals surface area (Å²) in [5, 5.41) is 9.49. The second kappa shape index (κ2) is 7.90. The van der Waals surface area contributed by atoms with Crippen molar-refractivity contribution in [3.63, 3.8) is 0 Å². The molecule has 1 nitrogen and oxygen atoms in total. The van der Waals surface area contributed by atoms with Crippen molar-refractivity contribution in [3.8, 4) is 0 Å². The van der Waals surface area contributed by atoms with Crippen molar-refractivity contribution in [2.45, 2.75) is 37.3 Å². The molecule has 0 spiro atoms. The van der Waals surface area contributed by atoms with Gasteiger partial charge in [-0.2, -0.15) is 0 Å². The molecule has 0 fully saturated rings. The Morgan fingerprint density at radius 2 is 2.06 bits per heavy atom. The molecule has 1 aromatic rings. The summed E-state index contributed by atoms with van der Waals surface area (Å²) in [6.07, 6.45) is 4.27. The van der Waals surface area contributed by atoms with Gasteiger partial charge in [0.05, 0.1) is 0 Å². The Bertz CT molecular complexity index is 317. The number of benzene rings is 1. The zero-order valence-electron chi connectivity index (χ0n) is 10.0. The van der Waals surface area contributed by atoms with Crippen molar-refractivity contribution in [2.75, 3.05) is 0 Å². The van der Waals surface area contributed by atoms with Crippen LogP contribution in [0.1, 0.15) is 32.3 Å². The normalized spacial score (nSPS) is 13.8. The fourth-order valence-corrected chi connectivity index (χ4v) is 4.94. The van der Waals surface area contributed by atoms with E-state index in [1.807, 2.05) is 19.1 Å². The fraction of sp³-hybridized carbons (Fsp3) is 0.429. The van der Waals surface area contributed by atoms with Gasteiger partial charge in [0.2, 0.25) is 0 Å². The summed E-state index contributed by atoms with van der Waals surface area (Å²) in [7, 11) is 0. The van der Waals surface area contributed by atoms with Gasteiger partial charge in [-0.15, -0.1) is 0 Å². The van der Waals surface area contributed by atoms with E-state index in [1.165, 1.54) is 26.5 Å². The molecule has 88 valence electrons. The van der Waals surface area contributed by atoms with Gasteiger partial charge in [0, 0.05) is 0 Å². The van der Waals surface area contributed by atoms with Crippen LogP contribution in [0.4, 0.5) is 0 Å². The van der Waals surface area contributed by atoms with Crippen LogP contribution in [0, 0.1) is 0 Å². The van der Waals surface area contributed by atoms with Crippen molar-refractivity contribution in [2.24, 2.45) is 0 Å². The molecule has 2 heteroatoms.